The van der Waals surface area contributed by atoms with Gasteiger partial charge >= 0.3 is 0 Å². The van der Waals surface area contributed by atoms with Crippen LogP contribution in [0.4, 0.5) is 11.4 Å². The highest BCUT2D eigenvalue weighted by atomic mass is 16.5. The van der Waals surface area contributed by atoms with Gasteiger partial charge in [-0.3, -0.25) is 0 Å². The highest BCUT2D eigenvalue weighted by Crippen LogP contribution is 2.23. The lowest BCUT2D eigenvalue weighted by atomic mass is 10.1. The van der Waals surface area contributed by atoms with Gasteiger partial charge in [-0.1, -0.05) is 12.1 Å². The van der Waals surface area contributed by atoms with Crippen molar-refractivity contribution in [2.45, 2.75) is 18.9 Å². The van der Waals surface area contributed by atoms with Gasteiger partial charge in [0.25, 0.3) is 0 Å². The van der Waals surface area contributed by atoms with Gasteiger partial charge in [0, 0.05) is 14.1 Å². The molecule has 3 nitrogen and oxygen atoms in total. The smallest absolute Gasteiger partial charge is 0.115 e. The SMILES string of the molecule is CN(C)c1ccccc1NCC1CCC=CO1. The topological polar surface area (TPSA) is 24.5 Å². The third kappa shape index (κ3) is 3.16. The van der Waals surface area contributed by atoms with Crippen molar-refractivity contribution in [3.8, 4) is 0 Å². The van der Waals surface area contributed by atoms with E-state index in [4.69, 9.17) is 4.74 Å². The number of nitrogens with one attached hydrogen (secondary N) is 1. The summed E-state index contributed by atoms with van der Waals surface area (Å²) in [5.74, 6) is 0. The lowest BCUT2D eigenvalue weighted by Crippen LogP contribution is -2.24. The van der Waals surface area contributed by atoms with E-state index in [9.17, 15) is 0 Å². The minimum Gasteiger partial charge on any atom is -0.497 e. The molecule has 0 spiro atoms. The van der Waals surface area contributed by atoms with Crippen molar-refractivity contribution in [1.82, 2.24) is 0 Å². The van der Waals surface area contributed by atoms with Crippen LogP contribution in [0.3, 0.4) is 0 Å². The number of hydrogen-bond acceptors (Lipinski definition) is 3. The van der Waals surface area contributed by atoms with E-state index in [1.807, 2.05) is 6.26 Å². The van der Waals surface area contributed by atoms with Crippen LogP contribution in [0.2, 0.25) is 0 Å². The Morgan fingerprint density at radius 3 is 2.88 bits per heavy atom. The van der Waals surface area contributed by atoms with Crippen LogP contribution in [0.25, 0.3) is 0 Å². The Hall–Kier alpha value is -1.64. The summed E-state index contributed by atoms with van der Waals surface area (Å²) in [5, 5.41) is 3.46. The molecule has 0 fully saturated rings. The molecule has 2 rings (SSSR count). The van der Waals surface area contributed by atoms with E-state index in [0.29, 0.717) is 0 Å². The van der Waals surface area contributed by atoms with Gasteiger partial charge in [0.1, 0.15) is 6.10 Å². The van der Waals surface area contributed by atoms with Crippen LogP contribution in [0.1, 0.15) is 12.8 Å². The van der Waals surface area contributed by atoms with E-state index in [2.05, 4.69) is 54.7 Å². The Balaban J connectivity index is 1.96. The first kappa shape index (κ1) is 11.8. The summed E-state index contributed by atoms with van der Waals surface area (Å²) in [6.45, 7) is 0.856. The number of para-hydroxylation sites is 2. The number of allylic oxidation sites excluding steroid dienone is 1. The minimum absolute atomic E-state index is 0.287. The highest BCUT2D eigenvalue weighted by Gasteiger charge is 2.11. The van der Waals surface area contributed by atoms with Crippen molar-refractivity contribution in [3.05, 3.63) is 36.6 Å². The molecule has 0 aromatic heterocycles. The van der Waals surface area contributed by atoms with Crippen LogP contribution in [0.5, 0.6) is 0 Å². The molecule has 0 bridgehead atoms. The molecule has 1 unspecified atom stereocenters. The minimum atomic E-state index is 0.287. The average molecular weight is 232 g/mol. The zero-order valence-electron chi connectivity index (χ0n) is 10.5. The predicted molar refractivity (Wildman–Crippen MR) is 72.5 cm³/mol. The van der Waals surface area contributed by atoms with Gasteiger partial charge in [-0.2, -0.15) is 0 Å². The Morgan fingerprint density at radius 1 is 1.35 bits per heavy atom. The van der Waals surface area contributed by atoms with Gasteiger partial charge in [0.2, 0.25) is 0 Å². The van der Waals surface area contributed by atoms with E-state index < -0.39 is 0 Å². The fourth-order valence-electron chi connectivity index (χ4n) is 1.97. The number of ether oxygens (including phenoxy) is 1. The number of anilines is 2. The van der Waals surface area contributed by atoms with E-state index in [1.54, 1.807) is 0 Å². The summed E-state index contributed by atoms with van der Waals surface area (Å²) in [5.41, 5.74) is 2.37. The second-order valence-corrected chi connectivity index (χ2v) is 4.50. The zero-order valence-corrected chi connectivity index (χ0v) is 10.5. The van der Waals surface area contributed by atoms with Gasteiger partial charge in [0.15, 0.2) is 0 Å². The molecule has 0 saturated heterocycles. The lowest BCUT2D eigenvalue weighted by molar-refractivity contribution is 0.135. The fourth-order valence-corrected chi connectivity index (χ4v) is 1.97. The molecule has 1 heterocycles. The summed E-state index contributed by atoms with van der Waals surface area (Å²) >= 11 is 0. The second-order valence-electron chi connectivity index (χ2n) is 4.50. The van der Waals surface area contributed by atoms with Gasteiger partial charge in [-0.05, 0) is 31.1 Å². The van der Waals surface area contributed by atoms with Crippen LogP contribution in [0, 0.1) is 0 Å². The Kier molecular flexibility index (Phi) is 3.91. The predicted octanol–water partition coefficient (Wildman–Crippen LogP) is 2.86. The molecule has 1 N–H and O–H groups in total. The Labute approximate surface area is 103 Å². The molecule has 0 radical (unpaired) electrons. The van der Waals surface area contributed by atoms with E-state index in [-0.39, 0.29) is 6.10 Å². The molecule has 92 valence electrons. The van der Waals surface area contributed by atoms with Crippen LogP contribution in [-0.4, -0.2) is 26.7 Å². The number of nitrogens with zero attached hydrogens (tertiary/aromatic N) is 1. The first-order valence-corrected chi connectivity index (χ1v) is 6.08. The van der Waals surface area contributed by atoms with Crippen molar-refractivity contribution in [2.75, 3.05) is 30.9 Å². The van der Waals surface area contributed by atoms with Crippen molar-refractivity contribution >= 4 is 11.4 Å². The number of hydrogen-bond donors (Lipinski definition) is 1. The molecule has 1 atom stereocenters. The summed E-state index contributed by atoms with van der Waals surface area (Å²) in [6, 6.07) is 8.33. The van der Waals surface area contributed by atoms with Crippen LogP contribution in [-0.2, 0) is 4.74 Å². The zero-order chi connectivity index (χ0) is 12.1. The van der Waals surface area contributed by atoms with Gasteiger partial charge < -0.3 is 15.0 Å². The van der Waals surface area contributed by atoms with Crippen LogP contribution in [0.15, 0.2) is 36.6 Å². The standard InChI is InChI=1S/C14H20N2O/c1-16(2)14-9-4-3-8-13(14)15-11-12-7-5-6-10-17-12/h3-4,6,8-10,12,15H,5,7,11H2,1-2H3. The Morgan fingerprint density at radius 2 is 2.18 bits per heavy atom. The fraction of sp³-hybridized carbons (Fsp3) is 0.429. The largest absolute Gasteiger partial charge is 0.497 e. The van der Waals surface area contributed by atoms with Crippen LogP contribution >= 0.6 is 0 Å². The van der Waals surface area contributed by atoms with Gasteiger partial charge in [-0.15, -0.1) is 0 Å². The molecule has 1 aromatic carbocycles. The third-order valence-corrected chi connectivity index (χ3v) is 2.93. The van der Waals surface area contributed by atoms with E-state index >= 15 is 0 Å². The van der Waals surface area contributed by atoms with Crippen molar-refractivity contribution < 1.29 is 4.74 Å². The van der Waals surface area contributed by atoms with E-state index in [0.717, 1.165) is 25.1 Å². The monoisotopic (exact) mass is 232 g/mol. The van der Waals surface area contributed by atoms with E-state index in [1.165, 1.54) is 5.69 Å². The molecule has 0 saturated carbocycles. The molecular formula is C14H20N2O. The average Bonchev–Trinajstić information content (AvgIpc) is 2.38. The van der Waals surface area contributed by atoms with Crippen molar-refractivity contribution in [3.63, 3.8) is 0 Å². The maximum absolute atomic E-state index is 5.54. The quantitative estimate of drug-likeness (QED) is 0.864. The molecule has 0 aliphatic carbocycles. The maximum Gasteiger partial charge on any atom is 0.115 e. The summed E-state index contributed by atoms with van der Waals surface area (Å²) in [7, 11) is 4.11. The van der Waals surface area contributed by atoms with Gasteiger partial charge in [0.05, 0.1) is 24.2 Å². The molecule has 3 heteroatoms. The highest BCUT2D eigenvalue weighted by molar-refractivity contribution is 5.69. The normalized spacial score (nSPS) is 18.6. The van der Waals surface area contributed by atoms with Crippen molar-refractivity contribution in [2.24, 2.45) is 0 Å². The second kappa shape index (κ2) is 5.62. The first-order chi connectivity index (χ1) is 8.27. The Bertz CT molecular complexity index is 388. The third-order valence-electron chi connectivity index (χ3n) is 2.93. The molecule has 1 aliphatic heterocycles. The number of rotatable bonds is 4. The van der Waals surface area contributed by atoms with Crippen LogP contribution < -0.4 is 10.2 Å². The summed E-state index contributed by atoms with van der Waals surface area (Å²) < 4.78 is 5.54. The van der Waals surface area contributed by atoms with Gasteiger partial charge in [-0.25, -0.2) is 0 Å². The van der Waals surface area contributed by atoms with Crippen molar-refractivity contribution in [1.29, 1.82) is 0 Å². The molecular weight excluding hydrogens is 212 g/mol. The molecule has 1 aliphatic rings. The number of benzene rings is 1. The summed E-state index contributed by atoms with van der Waals surface area (Å²) in [4.78, 5) is 2.12. The molecule has 1 aromatic rings. The summed E-state index contributed by atoms with van der Waals surface area (Å²) in [6.07, 6.45) is 6.38. The first-order valence-electron chi connectivity index (χ1n) is 6.08. The molecule has 0 amide bonds. The lowest BCUT2D eigenvalue weighted by Gasteiger charge is -2.23. The maximum atomic E-state index is 5.54. The molecule has 17 heavy (non-hydrogen) atoms.